The van der Waals surface area contributed by atoms with Crippen LogP contribution in [0.1, 0.15) is 41.2 Å². The Bertz CT molecular complexity index is 1030. The van der Waals surface area contributed by atoms with E-state index in [4.69, 9.17) is 21.1 Å². The van der Waals surface area contributed by atoms with Gasteiger partial charge in [-0.1, -0.05) is 47.7 Å². The summed E-state index contributed by atoms with van der Waals surface area (Å²) in [6.45, 7) is 0.776. The normalized spacial score (nSPS) is 28.8. The highest BCUT2D eigenvalue weighted by atomic mass is 35.5. The number of rotatable bonds is 3. The minimum Gasteiger partial charge on any atom is -0.512 e. The van der Waals surface area contributed by atoms with E-state index < -0.39 is 24.4 Å². The van der Waals surface area contributed by atoms with Gasteiger partial charge in [-0.2, -0.15) is 0 Å². The lowest BCUT2D eigenvalue weighted by atomic mass is 9.91. The summed E-state index contributed by atoms with van der Waals surface area (Å²) in [6, 6.07) is 13.1. The monoisotopic (exact) mass is 456 g/mol. The molecule has 2 aliphatic heterocycles. The van der Waals surface area contributed by atoms with E-state index >= 15 is 0 Å². The van der Waals surface area contributed by atoms with Crippen LogP contribution in [0.4, 0.5) is 0 Å². The first-order chi connectivity index (χ1) is 15.5. The van der Waals surface area contributed by atoms with Crippen molar-refractivity contribution in [3.8, 4) is 11.8 Å². The van der Waals surface area contributed by atoms with Crippen LogP contribution in [0.15, 0.2) is 54.5 Å². The van der Waals surface area contributed by atoms with Crippen molar-refractivity contribution in [3.63, 3.8) is 0 Å². The third kappa shape index (κ3) is 4.93. The van der Waals surface area contributed by atoms with Gasteiger partial charge in [0.15, 0.2) is 11.9 Å². The largest absolute Gasteiger partial charge is 0.512 e. The van der Waals surface area contributed by atoms with Gasteiger partial charge in [-0.15, -0.1) is 0 Å². The van der Waals surface area contributed by atoms with E-state index in [9.17, 15) is 20.4 Å². The van der Waals surface area contributed by atoms with Crippen LogP contribution >= 0.6 is 11.6 Å². The third-order valence-corrected chi connectivity index (χ3v) is 6.09. The summed E-state index contributed by atoms with van der Waals surface area (Å²) < 4.78 is 11.1. The molecule has 7 heteroatoms. The molecule has 1 unspecified atom stereocenters. The van der Waals surface area contributed by atoms with Gasteiger partial charge in [0.05, 0.1) is 0 Å². The predicted molar refractivity (Wildman–Crippen MR) is 119 cm³/mol. The zero-order valence-corrected chi connectivity index (χ0v) is 18.1. The summed E-state index contributed by atoms with van der Waals surface area (Å²) in [5.41, 5.74) is 3.33. The van der Waals surface area contributed by atoms with Gasteiger partial charge in [-0.05, 0) is 54.2 Å². The number of ether oxygens (including phenoxy) is 2. The second-order valence-electron chi connectivity index (χ2n) is 7.99. The lowest BCUT2D eigenvalue weighted by Gasteiger charge is -2.37. The molecule has 5 atom stereocenters. The Labute approximate surface area is 191 Å². The van der Waals surface area contributed by atoms with Gasteiger partial charge in [0.25, 0.3) is 0 Å². The molecule has 2 aliphatic rings. The first kappa shape index (κ1) is 22.7. The minimum absolute atomic E-state index is 0.0226. The predicted octanol–water partition coefficient (Wildman–Crippen LogP) is 3.01. The Kier molecular flexibility index (Phi) is 7.04. The highest BCUT2D eigenvalue weighted by Crippen LogP contribution is 2.35. The summed E-state index contributed by atoms with van der Waals surface area (Å²) in [5.74, 6) is 6.09. The molecule has 0 bridgehead atoms. The molecular weight excluding hydrogens is 432 g/mol. The van der Waals surface area contributed by atoms with Crippen molar-refractivity contribution in [1.82, 2.24) is 0 Å². The molecule has 0 aliphatic carbocycles. The summed E-state index contributed by atoms with van der Waals surface area (Å²) >= 11 is 6.40. The van der Waals surface area contributed by atoms with E-state index in [0.29, 0.717) is 23.3 Å². The van der Waals surface area contributed by atoms with Crippen molar-refractivity contribution in [2.75, 3.05) is 6.61 Å². The second-order valence-corrected chi connectivity index (χ2v) is 8.40. The van der Waals surface area contributed by atoms with Gasteiger partial charge in [-0.3, -0.25) is 0 Å². The van der Waals surface area contributed by atoms with Gasteiger partial charge in [-0.25, -0.2) is 0 Å². The van der Waals surface area contributed by atoms with E-state index in [1.807, 2.05) is 24.3 Å². The van der Waals surface area contributed by atoms with E-state index in [1.54, 1.807) is 18.2 Å². The maximum absolute atomic E-state index is 10.4. The molecule has 4 N–H and O–H groups in total. The molecule has 0 spiro atoms. The molecule has 4 rings (SSSR count). The Morgan fingerprint density at radius 1 is 1.06 bits per heavy atom. The van der Waals surface area contributed by atoms with Crippen molar-refractivity contribution in [2.24, 2.45) is 0 Å². The summed E-state index contributed by atoms with van der Waals surface area (Å²) in [4.78, 5) is 0. The number of benzene rings is 2. The van der Waals surface area contributed by atoms with E-state index in [-0.39, 0.29) is 11.9 Å². The van der Waals surface area contributed by atoms with Crippen LogP contribution in [0.5, 0.6) is 0 Å². The average molecular weight is 457 g/mol. The maximum atomic E-state index is 10.4. The van der Waals surface area contributed by atoms with Crippen molar-refractivity contribution in [3.05, 3.63) is 81.8 Å². The highest BCUT2D eigenvalue weighted by molar-refractivity contribution is 6.31. The number of halogens is 1. The van der Waals surface area contributed by atoms with E-state index in [0.717, 1.165) is 36.1 Å². The number of hydrogen-bond donors (Lipinski definition) is 4. The van der Waals surface area contributed by atoms with Crippen LogP contribution in [0.3, 0.4) is 0 Å². The van der Waals surface area contributed by atoms with E-state index in [1.165, 1.54) is 0 Å². The van der Waals surface area contributed by atoms with E-state index in [2.05, 4.69) is 11.8 Å². The first-order valence-corrected chi connectivity index (χ1v) is 10.9. The van der Waals surface area contributed by atoms with Gasteiger partial charge < -0.3 is 29.9 Å². The van der Waals surface area contributed by atoms with Crippen LogP contribution in [-0.2, 0) is 15.9 Å². The Morgan fingerprint density at radius 3 is 2.53 bits per heavy atom. The Hall–Kier alpha value is -2.53. The molecule has 2 heterocycles. The van der Waals surface area contributed by atoms with Gasteiger partial charge in [0.2, 0.25) is 0 Å². The van der Waals surface area contributed by atoms with Crippen molar-refractivity contribution in [2.45, 2.75) is 49.8 Å². The Balaban J connectivity index is 1.50. The second kappa shape index (κ2) is 9.95. The standard InChI is InChI=1S/C25H25ClO6/c26-20-10-8-17(25-24(30)23(29)22(28)21(14-27)32-25)13-18(20)12-16-5-3-15(4-6-16)7-9-19-2-1-11-31-19/h3-6,8,10,13-14,19,22-25,27-30H,1-2,11-12H2/b21-14+/t19-,22+,23-,24+,25?/m0/s1. The number of hydrogen-bond acceptors (Lipinski definition) is 6. The van der Waals surface area contributed by atoms with Crippen molar-refractivity contribution in [1.29, 1.82) is 0 Å². The molecule has 0 aromatic heterocycles. The molecule has 2 saturated heterocycles. The molecule has 32 heavy (non-hydrogen) atoms. The summed E-state index contributed by atoms with van der Waals surface area (Å²) in [5, 5.41) is 40.2. The van der Waals surface area contributed by atoms with Gasteiger partial charge in [0, 0.05) is 17.2 Å². The zero-order valence-electron chi connectivity index (χ0n) is 17.3. The third-order valence-electron chi connectivity index (χ3n) is 5.72. The molecule has 0 amide bonds. The van der Waals surface area contributed by atoms with Crippen molar-refractivity contribution < 1.29 is 29.9 Å². The lowest BCUT2D eigenvalue weighted by Crippen LogP contribution is -2.47. The highest BCUT2D eigenvalue weighted by Gasteiger charge is 2.42. The minimum atomic E-state index is -1.50. The van der Waals surface area contributed by atoms with Gasteiger partial charge >= 0.3 is 0 Å². The number of aliphatic hydroxyl groups excluding tert-OH is 4. The maximum Gasteiger partial charge on any atom is 0.162 e. The van der Waals surface area contributed by atoms with Crippen LogP contribution in [0.2, 0.25) is 5.02 Å². The van der Waals surface area contributed by atoms with Crippen LogP contribution in [-0.4, -0.2) is 51.4 Å². The summed E-state index contributed by atoms with van der Waals surface area (Å²) in [6.07, 6.45) is -2.13. The smallest absolute Gasteiger partial charge is 0.162 e. The summed E-state index contributed by atoms with van der Waals surface area (Å²) in [7, 11) is 0. The molecule has 2 fully saturated rings. The van der Waals surface area contributed by atoms with Crippen LogP contribution in [0, 0.1) is 11.8 Å². The SMILES string of the molecule is O/C=C1/OC(c2ccc(Cl)c(Cc3ccc(C#C[C@@H]4CCCO4)cc3)c2)[C@H](O)[C@@H](O)[C@@H]1O. The Morgan fingerprint density at radius 2 is 1.84 bits per heavy atom. The zero-order chi connectivity index (χ0) is 22.7. The van der Waals surface area contributed by atoms with Crippen LogP contribution in [0.25, 0.3) is 0 Å². The molecule has 2 aromatic rings. The molecule has 168 valence electrons. The fourth-order valence-electron chi connectivity index (χ4n) is 3.88. The average Bonchev–Trinajstić information content (AvgIpc) is 3.33. The first-order valence-electron chi connectivity index (χ1n) is 10.5. The quantitative estimate of drug-likeness (QED) is 0.418. The van der Waals surface area contributed by atoms with Crippen molar-refractivity contribution >= 4 is 11.6 Å². The number of aliphatic hydroxyl groups is 4. The fourth-order valence-corrected chi connectivity index (χ4v) is 4.06. The fraction of sp³-hybridized carbons (Fsp3) is 0.360. The molecule has 6 nitrogen and oxygen atoms in total. The van der Waals surface area contributed by atoms with Gasteiger partial charge in [0.1, 0.15) is 30.7 Å². The molecule has 2 aromatic carbocycles. The van der Waals surface area contributed by atoms with Crippen LogP contribution < -0.4 is 0 Å². The lowest BCUT2D eigenvalue weighted by molar-refractivity contribution is -0.159. The molecule has 0 radical (unpaired) electrons. The molecule has 0 saturated carbocycles. The molecular formula is C25H25ClO6. The topological polar surface area (TPSA) is 99.4 Å².